The summed E-state index contributed by atoms with van der Waals surface area (Å²) in [5, 5.41) is 16.4. The minimum atomic E-state index is 0.142. The molecule has 1 heterocycles. The van der Waals surface area contributed by atoms with Crippen LogP contribution in [0.2, 0.25) is 0 Å². The van der Waals surface area contributed by atoms with E-state index in [0.29, 0.717) is 6.54 Å². The molecule has 0 spiro atoms. The molecule has 0 bridgehead atoms. The number of rotatable bonds is 7. The third-order valence-corrected chi connectivity index (χ3v) is 3.10. The largest absolute Gasteiger partial charge is 0.394 e. The third kappa shape index (κ3) is 3.98. The van der Waals surface area contributed by atoms with Crippen LogP contribution in [0.1, 0.15) is 31.2 Å². The van der Waals surface area contributed by atoms with Crippen molar-refractivity contribution < 1.29 is 5.11 Å². The van der Waals surface area contributed by atoms with E-state index in [2.05, 4.69) is 16.5 Å². The lowest BCUT2D eigenvalue weighted by atomic mass is 10.2. The minimum Gasteiger partial charge on any atom is -0.394 e. The summed E-state index contributed by atoms with van der Waals surface area (Å²) in [6, 6.07) is 0. The molecule has 1 aromatic rings. The summed E-state index contributed by atoms with van der Waals surface area (Å²) in [6.07, 6.45) is 11.3. The van der Waals surface area contributed by atoms with Crippen LogP contribution in [0.25, 0.3) is 0 Å². The first kappa shape index (κ1) is 12.3. The molecule has 1 aromatic heterocycles. The van der Waals surface area contributed by atoms with Crippen LogP contribution in [0.4, 0.5) is 0 Å². The van der Waals surface area contributed by atoms with E-state index in [4.69, 9.17) is 5.11 Å². The molecule has 0 saturated heterocycles. The smallest absolute Gasteiger partial charge is 0.0640 e. The van der Waals surface area contributed by atoms with Crippen molar-refractivity contribution >= 4 is 0 Å². The first-order valence-electron chi connectivity index (χ1n) is 6.39. The SMILES string of the molecule is OCCn1cc(CNCCC2=CCCC2)cn1. The van der Waals surface area contributed by atoms with Gasteiger partial charge in [0.2, 0.25) is 0 Å². The molecule has 2 N–H and O–H groups in total. The highest BCUT2D eigenvalue weighted by Crippen LogP contribution is 2.19. The van der Waals surface area contributed by atoms with Crippen LogP contribution in [0.15, 0.2) is 24.0 Å². The van der Waals surface area contributed by atoms with Crippen LogP contribution >= 0.6 is 0 Å². The van der Waals surface area contributed by atoms with E-state index in [1.165, 1.54) is 31.2 Å². The highest BCUT2D eigenvalue weighted by molar-refractivity contribution is 5.08. The maximum absolute atomic E-state index is 8.78. The van der Waals surface area contributed by atoms with Gasteiger partial charge in [-0.1, -0.05) is 11.6 Å². The van der Waals surface area contributed by atoms with Crippen LogP contribution in [-0.4, -0.2) is 28.0 Å². The van der Waals surface area contributed by atoms with Gasteiger partial charge in [0, 0.05) is 18.3 Å². The number of hydrogen-bond acceptors (Lipinski definition) is 3. The van der Waals surface area contributed by atoms with Gasteiger partial charge in [-0.2, -0.15) is 5.10 Å². The second kappa shape index (κ2) is 6.57. The van der Waals surface area contributed by atoms with Gasteiger partial charge in [0.15, 0.2) is 0 Å². The summed E-state index contributed by atoms with van der Waals surface area (Å²) in [5.41, 5.74) is 2.78. The fourth-order valence-electron chi connectivity index (χ4n) is 2.17. The lowest BCUT2D eigenvalue weighted by Crippen LogP contribution is -2.14. The highest BCUT2D eigenvalue weighted by Gasteiger charge is 2.03. The van der Waals surface area contributed by atoms with Crippen molar-refractivity contribution in [1.82, 2.24) is 15.1 Å². The van der Waals surface area contributed by atoms with E-state index < -0.39 is 0 Å². The first-order valence-corrected chi connectivity index (χ1v) is 6.39. The fourth-order valence-corrected chi connectivity index (χ4v) is 2.17. The van der Waals surface area contributed by atoms with Crippen molar-refractivity contribution in [2.75, 3.05) is 13.2 Å². The Bertz CT molecular complexity index is 370. The first-order chi connectivity index (χ1) is 8.38. The summed E-state index contributed by atoms with van der Waals surface area (Å²) >= 11 is 0. The molecule has 1 aliphatic rings. The maximum Gasteiger partial charge on any atom is 0.0640 e. The maximum atomic E-state index is 8.78. The molecule has 0 unspecified atom stereocenters. The van der Waals surface area contributed by atoms with Crippen molar-refractivity contribution in [3.8, 4) is 0 Å². The number of aliphatic hydroxyl groups is 1. The highest BCUT2D eigenvalue weighted by atomic mass is 16.3. The van der Waals surface area contributed by atoms with E-state index in [1.54, 1.807) is 10.3 Å². The van der Waals surface area contributed by atoms with Crippen LogP contribution in [0.3, 0.4) is 0 Å². The molecule has 0 radical (unpaired) electrons. The van der Waals surface area contributed by atoms with Gasteiger partial charge in [-0.05, 0) is 32.2 Å². The molecule has 4 heteroatoms. The molecular formula is C13H21N3O. The summed E-state index contributed by atoms with van der Waals surface area (Å²) in [4.78, 5) is 0. The number of hydrogen-bond donors (Lipinski definition) is 2. The molecule has 2 rings (SSSR count). The van der Waals surface area contributed by atoms with Gasteiger partial charge in [-0.15, -0.1) is 0 Å². The van der Waals surface area contributed by atoms with Crippen molar-refractivity contribution in [3.05, 3.63) is 29.6 Å². The average Bonchev–Trinajstić information content (AvgIpc) is 2.96. The average molecular weight is 235 g/mol. The van der Waals surface area contributed by atoms with E-state index >= 15 is 0 Å². The van der Waals surface area contributed by atoms with Gasteiger partial charge in [0.1, 0.15) is 0 Å². The molecule has 0 aromatic carbocycles. The van der Waals surface area contributed by atoms with Crippen LogP contribution < -0.4 is 5.32 Å². The van der Waals surface area contributed by atoms with E-state index in [0.717, 1.165) is 13.1 Å². The number of aliphatic hydroxyl groups excluding tert-OH is 1. The Labute approximate surface area is 102 Å². The lowest BCUT2D eigenvalue weighted by Gasteiger charge is -2.03. The molecule has 4 nitrogen and oxygen atoms in total. The van der Waals surface area contributed by atoms with Crippen LogP contribution in [0.5, 0.6) is 0 Å². The quantitative estimate of drug-likeness (QED) is 0.556. The topological polar surface area (TPSA) is 50.1 Å². The van der Waals surface area contributed by atoms with Crippen LogP contribution in [0, 0.1) is 0 Å². The second-order valence-corrected chi connectivity index (χ2v) is 4.52. The molecule has 0 amide bonds. The Morgan fingerprint density at radius 3 is 3.18 bits per heavy atom. The monoisotopic (exact) mass is 235 g/mol. The Balaban J connectivity index is 1.63. The zero-order valence-electron chi connectivity index (χ0n) is 10.2. The van der Waals surface area contributed by atoms with Crippen molar-refractivity contribution in [2.45, 2.75) is 38.8 Å². The molecule has 0 aliphatic heterocycles. The van der Waals surface area contributed by atoms with E-state index in [9.17, 15) is 0 Å². The summed E-state index contributed by atoms with van der Waals surface area (Å²) in [6.45, 7) is 2.62. The predicted molar refractivity (Wildman–Crippen MR) is 67.6 cm³/mol. The molecular weight excluding hydrogens is 214 g/mol. The van der Waals surface area contributed by atoms with Crippen LogP contribution in [-0.2, 0) is 13.1 Å². The van der Waals surface area contributed by atoms with E-state index in [-0.39, 0.29) is 6.61 Å². The Kier molecular flexibility index (Phi) is 4.76. The number of nitrogens with one attached hydrogen (secondary N) is 1. The van der Waals surface area contributed by atoms with Crippen molar-refractivity contribution in [1.29, 1.82) is 0 Å². The molecule has 17 heavy (non-hydrogen) atoms. The summed E-state index contributed by atoms with van der Waals surface area (Å²) < 4.78 is 1.77. The van der Waals surface area contributed by atoms with Crippen molar-refractivity contribution in [2.24, 2.45) is 0 Å². The van der Waals surface area contributed by atoms with Gasteiger partial charge in [-0.25, -0.2) is 0 Å². The van der Waals surface area contributed by atoms with E-state index in [1.807, 2.05) is 12.4 Å². The van der Waals surface area contributed by atoms with Gasteiger partial charge < -0.3 is 10.4 Å². The number of allylic oxidation sites excluding steroid dienone is 1. The van der Waals surface area contributed by atoms with Crippen molar-refractivity contribution in [3.63, 3.8) is 0 Å². The fraction of sp³-hybridized carbons (Fsp3) is 0.615. The molecule has 0 atom stereocenters. The zero-order chi connectivity index (χ0) is 11.9. The number of nitrogens with zero attached hydrogens (tertiary/aromatic N) is 2. The summed E-state index contributed by atoms with van der Waals surface area (Å²) in [7, 11) is 0. The minimum absolute atomic E-state index is 0.142. The summed E-state index contributed by atoms with van der Waals surface area (Å²) in [5.74, 6) is 0. The van der Waals surface area contributed by atoms with Gasteiger partial charge >= 0.3 is 0 Å². The molecule has 0 saturated carbocycles. The zero-order valence-corrected chi connectivity index (χ0v) is 10.2. The van der Waals surface area contributed by atoms with Gasteiger partial charge in [0.05, 0.1) is 19.3 Å². The van der Waals surface area contributed by atoms with Gasteiger partial charge in [-0.3, -0.25) is 4.68 Å². The molecule has 1 aliphatic carbocycles. The Morgan fingerprint density at radius 2 is 2.41 bits per heavy atom. The standard InChI is InChI=1S/C13H21N3O/c17-8-7-16-11-13(10-15-16)9-14-6-5-12-3-1-2-4-12/h3,10-11,14,17H,1-2,4-9H2. The third-order valence-electron chi connectivity index (χ3n) is 3.10. The normalized spacial score (nSPS) is 15.2. The Morgan fingerprint density at radius 1 is 1.47 bits per heavy atom. The van der Waals surface area contributed by atoms with Gasteiger partial charge in [0.25, 0.3) is 0 Å². The lowest BCUT2D eigenvalue weighted by molar-refractivity contribution is 0.269. The Hall–Kier alpha value is -1.13. The predicted octanol–water partition coefficient (Wildman–Crippen LogP) is 1.47. The molecule has 0 fully saturated rings. The second-order valence-electron chi connectivity index (χ2n) is 4.52. The number of aromatic nitrogens is 2. The molecule has 94 valence electrons.